The number of hydrogen-bond donors (Lipinski definition) is 0. The van der Waals surface area contributed by atoms with Crippen molar-refractivity contribution in [2.45, 2.75) is 45.1 Å². The maximum atomic E-state index is 12.8. The van der Waals surface area contributed by atoms with E-state index in [1.54, 1.807) is 18.2 Å². The van der Waals surface area contributed by atoms with Gasteiger partial charge in [-0.15, -0.1) is 0 Å². The van der Waals surface area contributed by atoms with Gasteiger partial charge in [0.15, 0.2) is 6.29 Å². The van der Waals surface area contributed by atoms with E-state index in [9.17, 15) is 19.2 Å². The lowest BCUT2D eigenvalue weighted by molar-refractivity contribution is -0.112. The van der Waals surface area contributed by atoms with E-state index in [1.165, 1.54) is 11.9 Å². The molecule has 0 aliphatic carbocycles. The van der Waals surface area contributed by atoms with Crippen LogP contribution in [-0.2, 0) is 9.59 Å². The number of amides is 1. The fraction of sp³-hybridized carbons (Fsp3) is 0.400. The van der Waals surface area contributed by atoms with Crippen molar-refractivity contribution < 1.29 is 19.2 Å². The normalized spacial score (nSPS) is 11.0. The smallest absolute Gasteiger partial charge is 0.256 e. The van der Waals surface area contributed by atoms with Crippen LogP contribution in [0.5, 0.6) is 0 Å². The topological polar surface area (TPSA) is 71.5 Å². The molecular formula is C20H23NO4. The predicted molar refractivity (Wildman–Crippen MR) is 95.5 cm³/mol. The van der Waals surface area contributed by atoms with Gasteiger partial charge in [-0.25, -0.2) is 0 Å². The Hall–Kier alpha value is -2.74. The standard InChI is InChI=1S/C20H23NO4/c1-3-4-5-6-9-16-10-7-11-17(14-23)19(16)20(25)21(2)18(15-24)12-8-13-22/h7,10-11,13-15,18H,3-5,8,12H2,1-2H3. The summed E-state index contributed by atoms with van der Waals surface area (Å²) in [7, 11) is 1.49. The highest BCUT2D eigenvalue weighted by molar-refractivity contribution is 6.04. The van der Waals surface area contributed by atoms with Crippen molar-refractivity contribution in [3.63, 3.8) is 0 Å². The highest BCUT2D eigenvalue weighted by atomic mass is 16.2. The van der Waals surface area contributed by atoms with Gasteiger partial charge in [-0.1, -0.05) is 37.3 Å². The second-order valence-electron chi connectivity index (χ2n) is 5.66. The van der Waals surface area contributed by atoms with Crippen LogP contribution < -0.4 is 0 Å². The highest BCUT2D eigenvalue weighted by Gasteiger charge is 2.24. The third-order valence-corrected chi connectivity index (χ3v) is 3.87. The SMILES string of the molecule is CCCCC#Cc1cccc(C=O)c1C(=O)N(C)C(C=O)CCC=O. The number of nitrogens with zero attached hydrogens (tertiary/aromatic N) is 1. The van der Waals surface area contributed by atoms with Gasteiger partial charge in [-0.2, -0.15) is 0 Å². The van der Waals surface area contributed by atoms with Gasteiger partial charge in [0.05, 0.1) is 11.6 Å². The van der Waals surface area contributed by atoms with Crippen LogP contribution in [0.15, 0.2) is 18.2 Å². The summed E-state index contributed by atoms with van der Waals surface area (Å²) in [6.45, 7) is 2.07. The molecular weight excluding hydrogens is 318 g/mol. The van der Waals surface area contributed by atoms with Crippen molar-refractivity contribution in [1.82, 2.24) is 4.90 Å². The number of aldehydes is 3. The van der Waals surface area contributed by atoms with E-state index in [2.05, 4.69) is 18.8 Å². The summed E-state index contributed by atoms with van der Waals surface area (Å²) >= 11 is 0. The molecule has 1 amide bonds. The van der Waals surface area contributed by atoms with Crippen molar-refractivity contribution in [2.24, 2.45) is 0 Å². The van der Waals surface area contributed by atoms with Crippen molar-refractivity contribution in [3.8, 4) is 11.8 Å². The van der Waals surface area contributed by atoms with E-state index in [0.717, 1.165) is 12.8 Å². The molecule has 0 aliphatic heterocycles. The van der Waals surface area contributed by atoms with E-state index in [0.29, 0.717) is 30.8 Å². The molecule has 1 unspecified atom stereocenters. The third kappa shape index (κ3) is 5.68. The van der Waals surface area contributed by atoms with Gasteiger partial charge in [-0.05, 0) is 18.9 Å². The number of carbonyl (C=O) groups excluding carboxylic acids is 4. The summed E-state index contributed by atoms with van der Waals surface area (Å²) in [5, 5.41) is 0. The van der Waals surface area contributed by atoms with Gasteiger partial charge in [0, 0.05) is 31.0 Å². The number of unbranched alkanes of at least 4 members (excludes halogenated alkanes) is 2. The zero-order valence-corrected chi connectivity index (χ0v) is 14.7. The number of likely N-dealkylation sites (N-methyl/N-ethyl adjacent to an activating group) is 1. The molecule has 0 heterocycles. The zero-order valence-electron chi connectivity index (χ0n) is 14.7. The second kappa shape index (κ2) is 10.9. The number of carbonyl (C=O) groups is 4. The molecule has 1 aromatic rings. The molecule has 1 rings (SSSR count). The summed E-state index contributed by atoms with van der Waals surface area (Å²) in [4.78, 5) is 47.3. The van der Waals surface area contributed by atoms with Gasteiger partial charge in [-0.3, -0.25) is 9.59 Å². The fourth-order valence-electron chi connectivity index (χ4n) is 2.35. The molecule has 0 saturated carbocycles. The average Bonchev–Trinajstić information content (AvgIpc) is 2.64. The molecule has 0 saturated heterocycles. The maximum Gasteiger partial charge on any atom is 0.256 e. The molecule has 1 atom stereocenters. The molecule has 5 heteroatoms. The van der Waals surface area contributed by atoms with Crippen LogP contribution in [0.1, 0.15) is 65.3 Å². The van der Waals surface area contributed by atoms with Crippen LogP contribution in [-0.4, -0.2) is 42.8 Å². The van der Waals surface area contributed by atoms with E-state index in [-0.39, 0.29) is 24.0 Å². The monoisotopic (exact) mass is 341 g/mol. The summed E-state index contributed by atoms with van der Waals surface area (Å²) < 4.78 is 0. The van der Waals surface area contributed by atoms with Gasteiger partial charge in [0.1, 0.15) is 12.6 Å². The van der Waals surface area contributed by atoms with Crippen LogP contribution in [0.4, 0.5) is 0 Å². The molecule has 5 nitrogen and oxygen atoms in total. The Labute approximate surface area is 148 Å². The van der Waals surface area contributed by atoms with E-state index < -0.39 is 11.9 Å². The van der Waals surface area contributed by atoms with Gasteiger partial charge < -0.3 is 14.5 Å². The molecule has 0 N–H and O–H groups in total. The molecule has 132 valence electrons. The van der Waals surface area contributed by atoms with Crippen molar-refractivity contribution in [2.75, 3.05) is 7.05 Å². The third-order valence-electron chi connectivity index (χ3n) is 3.87. The fourth-order valence-corrected chi connectivity index (χ4v) is 2.35. The Bertz CT molecular complexity index is 685. The lowest BCUT2D eigenvalue weighted by atomic mass is 9.99. The van der Waals surface area contributed by atoms with E-state index >= 15 is 0 Å². The average molecular weight is 341 g/mol. The van der Waals surface area contributed by atoms with E-state index in [1.807, 2.05) is 0 Å². The molecule has 0 aromatic heterocycles. The molecule has 0 spiro atoms. The lowest BCUT2D eigenvalue weighted by Crippen LogP contribution is -2.39. The predicted octanol–water partition coefficient (Wildman–Crippen LogP) is 2.66. The largest absolute Gasteiger partial charge is 0.332 e. The first-order chi connectivity index (χ1) is 12.1. The minimum atomic E-state index is -0.724. The quantitative estimate of drug-likeness (QED) is 0.393. The van der Waals surface area contributed by atoms with Gasteiger partial charge >= 0.3 is 0 Å². The van der Waals surface area contributed by atoms with Crippen molar-refractivity contribution in [1.29, 1.82) is 0 Å². The van der Waals surface area contributed by atoms with Crippen LogP contribution in [0.3, 0.4) is 0 Å². The van der Waals surface area contributed by atoms with Crippen LogP contribution in [0.2, 0.25) is 0 Å². The zero-order chi connectivity index (χ0) is 18.7. The molecule has 1 aromatic carbocycles. The minimum absolute atomic E-state index is 0.181. The Morgan fingerprint density at radius 1 is 1.28 bits per heavy atom. The number of hydrogen-bond acceptors (Lipinski definition) is 4. The van der Waals surface area contributed by atoms with E-state index in [4.69, 9.17) is 0 Å². The molecule has 0 bridgehead atoms. The van der Waals surface area contributed by atoms with Gasteiger partial charge in [0.25, 0.3) is 5.91 Å². The van der Waals surface area contributed by atoms with Crippen LogP contribution in [0.25, 0.3) is 0 Å². The first kappa shape index (κ1) is 20.3. The second-order valence-corrected chi connectivity index (χ2v) is 5.66. The Morgan fingerprint density at radius 2 is 2.04 bits per heavy atom. The summed E-state index contributed by atoms with van der Waals surface area (Å²) in [6, 6.07) is 4.19. The molecule has 25 heavy (non-hydrogen) atoms. The van der Waals surface area contributed by atoms with Crippen molar-refractivity contribution >= 4 is 24.8 Å². The Morgan fingerprint density at radius 3 is 2.64 bits per heavy atom. The lowest BCUT2D eigenvalue weighted by Gasteiger charge is -2.24. The summed E-state index contributed by atoms with van der Waals surface area (Å²) in [6.07, 6.45) is 5.07. The molecule has 0 aliphatic rings. The summed E-state index contributed by atoms with van der Waals surface area (Å²) in [5.74, 6) is 5.52. The summed E-state index contributed by atoms with van der Waals surface area (Å²) in [5.41, 5.74) is 0.902. The van der Waals surface area contributed by atoms with Crippen LogP contribution in [0, 0.1) is 11.8 Å². The molecule has 0 fully saturated rings. The first-order valence-corrected chi connectivity index (χ1v) is 8.33. The number of rotatable bonds is 9. The van der Waals surface area contributed by atoms with Gasteiger partial charge in [0.2, 0.25) is 0 Å². The van der Waals surface area contributed by atoms with Crippen molar-refractivity contribution in [3.05, 3.63) is 34.9 Å². The molecule has 0 radical (unpaired) electrons. The Kier molecular flexibility index (Phi) is 8.87. The Balaban J connectivity index is 3.20. The number of benzene rings is 1. The first-order valence-electron chi connectivity index (χ1n) is 8.33. The maximum absolute atomic E-state index is 12.8. The van der Waals surface area contributed by atoms with Crippen LogP contribution >= 0.6 is 0 Å². The highest BCUT2D eigenvalue weighted by Crippen LogP contribution is 2.17. The minimum Gasteiger partial charge on any atom is -0.332 e.